The average molecular weight is 392 g/mol. The fourth-order valence-corrected chi connectivity index (χ4v) is 5.41. The van der Waals surface area contributed by atoms with Gasteiger partial charge in [-0.05, 0) is 53.8 Å². The molecule has 0 saturated heterocycles. The molecular formula is C21H20N4O2S. The van der Waals surface area contributed by atoms with E-state index >= 15 is 0 Å². The summed E-state index contributed by atoms with van der Waals surface area (Å²) in [7, 11) is -2.61. The van der Waals surface area contributed by atoms with Crippen LogP contribution in [0, 0.1) is 0 Å². The first-order valence-corrected chi connectivity index (χ1v) is 10.9. The van der Waals surface area contributed by atoms with E-state index in [1.165, 1.54) is 0 Å². The topological polar surface area (TPSA) is 84.1 Å². The van der Waals surface area contributed by atoms with Gasteiger partial charge in [0.1, 0.15) is 5.52 Å². The van der Waals surface area contributed by atoms with Crippen molar-refractivity contribution in [1.82, 2.24) is 19.7 Å². The Morgan fingerprint density at radius 1 is 1.07 bits per heavy atom. The van der Waals surface area contributed by atoms with Crippen LogP contribution in [0.2, 0.25) is 0 Å². The molecule has 0 aliphatic carbocycles. The van der Waals surface area contributed by atoms with Crippen LogP contribution in [0.25, 0.3) is 33.4 Å². The fourth-order valence-electron chi connectivity index (χ4n) is 3.82. The molecule has 1 aliphatic rings. The predicted molar refractivity (Wildman–Crippen MR) is 112 cm³/mol. The second-order valence-corrected chi connectivity index (χ2v) is 9.17. The van der Waals surface area contributed by atoms with Gasteiger partial charge in [-0.2, -0.15) is 15.7 Å². The van der Waals surface area contributed by atoms with Crippen molar-refractivity contribution in [2.45, 2.75) is 24.8 Å². The summed E-state index contributed by atoms with van der Waals surface area (Å²) < 4.78 is 22.3. The highest BCUT2D eigenvalue weighted by Crippen LogP contribution is 2.55. The van der Waals surface area contributed by atoms with E-state index < -0.39 is 10.6 Å². The summed E-state index contributed by atoms with van der Waals surface area (Å²) in [6.45, 7) is 2.85. The van der Waals surface area contributed by atoms with Gasteiger partial charge in [-0.25, -0.2) is 4.98 Å². The van der Waals surface area contributed by atoms with Crippen LogP contribution in [0.15, 0.2) is 59.9 Å². The van der Waals surface area contributed by atoms with E-state index in [2.05, 4.69) is 46.4 Å². The molecule has 28 heavy (non-hydrogen) atoms. The molecular weight excluding hydrogens is 372 g/mol. The van der Waals surface area contributed by atoms with E-state index in [1.807, 2.05) is 22.8 Å². The summed E-state index contributed by atoms with van der Waals surface area (Å²) in [5, 5.41) is 8.41. The lowest BCUT2D eigenvalue weighted by Crippen LogP contribution is -1.96. The summed E-state index contributed by atoms with van der Waals surface area (Å²) >= 11 is 0. The molecule has 0 amide bonds. The van der Waals surface area contributed by atoms with Crippen molar-refractivity contribution in [2.75, 3.05) is 5.75 Å². The number of rotatable bonds is 3. The first-order chi connectivity index (χ1) is 13.6. The number of aryl methyl sites for hydroxylation is 2. The van der Waals surface area contributed by atoms with Gasteiger partial charge in [-0.3, -0.25) is 9.11 Å². The Morgan fingerprint density at radius 2 is 1.89 bits per heavy atom. The Labute approximate surface area is 164 Å². The van der Waals surface area contributed by atoms with E-state index in [0.717, 1.165) is 45.5 Å². The van der Waals surface area contributed by atoms with Gasteiger partial charge in [0.15, 0.2) is 5.65 Å². The van der Waals surface area contributed by atoms with E-state index in [1.54, 1.807) is 12.5 Å². The molecule has 2 aromatic carbocycles. The zero-order valence-corrected chi connectivity index (χ0v) is 16.2. The van der Waals surface area contributed by atoms with E-state index in [4.69, 9.17) is 0 Å². The first kappa shape index (κ1) is 17.4. The lowest BCUT2D eigenvalue weighted by Gasteiger charge is -2.27. The van der Waals surface area contributed by atoms with Crippen molar-refractivity contribution >= 4 is 21.8 Å². The average Bonchev–Trinajstić information content (AvgIpc) is 3.28. The van der Waals surface area contributed by atoms with Crippen LogP contribution in [0.3, 0.4) is 0 Å². The lowest BCUT2D eigenvalue weighted by atomic mass is 9.98. The molecule has 0 fully saturated rings. The third-order valence-electron chi connectivity index (χ3n) is 5.32. The highest BCUT2D eigenvalue weighted by molar-refractivity contribution is 8.24. The molecule has 142 valence electrons. The van der Waals surface area contributed by atoms with Crippen LogP contribution in [-0.2, 0) is 13.0 Å². The normalized spacial score (nSPS) is 16.2. The summed E-state index contributed by atoms with van der Waals surface area (Å²) in [6, 6.07) is 14.1. The van der Waals surface area contributed by atoms with Gasteiger partial charge < -0.3 is 4.57 Å². The first-order valence-electron chi connectivity index (χ1n) is 9.23. The van der Waals surface area contributed by atoms with E-state index in [-0.39, 0.29) is 0 Å². The maximum Gasteiger partial charge on any atom is 0.183 e. The number of imidazole rings is 1. The Morgan fingerprint density at radius 3 is 2.75 bits per heavy atom. The Hall–Kier alpha value is -2.74. The SMILES string of the molecule is CCn1cnc2c(-c3cccc(-c4ccc5c(c4)CCS5(O)O)c3)cnnc21. The molecule has 0 radical (unpaired) electrons. The monoisotopic (exact) mass is 392 g/mol. The Bertz CT molecular complexity index is 1200. The van der Waals surface area contributed by atoms with Crippen molar-refractivity contribution in [1.29, 1.82) is 0 Å². The number of hydrogen-bond donors (Lipinski definition) is 2. The Kier molecular flexibility index (Phi) is 3.97. The van der Waals surface area contributed by atoms with Crippen LogP contribution in [0.1, 0.15) is 12.5 Å². The predicted octanol–water partition coefficient (Wildman–Crippen LogP) is 4.85. The third kappa shape index (κ3) is 2.71. The van der Waals surface area contributed by atoms with E-state index in [9.17, 15) is 9.11 Å². The van der Waals surface area contributed by atoms with Crippen LogP contribution in [-0.4, -0.2) is 34.6 Å². The molecule has 6 nitrogen and oxygen atoms in total. The molecule has 7 heteroatoms. The largest absolute Gasteiger partial charge is 0.314 e. The summed E-state index contributed by atoms with van der Waals surface area (Å²) in [5.41, 5.74) is 6.78. The molecule has 2 N–H and O–H groups in total. The van der Waals surface area contributed by atoms with Crippen molar-refractivity contribution in [3.63, 3.8) is 0 Å². The van der Waals surface area contributed by atoms with Crippen LogP contribution < -0.4 is 0 Å². The highest BCUT2D eigenvalue weighted by Gasteiger charge is 2.26. The minimum atomic E-state index is -2.61. The van der Waals surface area contributed by atoms with Gasteiger partial charge >= 0.3 is 0 Å². The molecule has 3 heterocycles. The highest BCUT2D eigenvalue weighted by atomic mass is 32.3. The molecule has 0 atom stereocenters. The van der Waals surface area contributed by atoms with Gasteiger partial charge in [-0.1, -0.05) is 24.3 Å². The molecule has 0 spiro atoms. The molecule has 2 aromatic heterocycles. The summed E-state index contributed by atoms with van der Waals surface area (Å²) in [5.74, 6) is 0.423. The van der Waals surface area contributed by atoms with Crippen LogP contribution >= 0.6 is 10.6 Å². The molecule has 0 saturated carbocycles. The van der Waals surface area contributed by atoms with Crippen molar-refractivity contribution < 1.29 is 9.11 Å². The van der Waals surface area contributed by atoms with Crippen LogP contribution in [0.4, 0.5) is 0 Å². The second-order valence-electron chi connectivity index (χ2n) is 6.99. The minimum Gasteiger partial charge on any atom is -0.314 e. The quantitative estimate of drug-likeness (QED) is 0.521. The summed E-state index contributed by atoms with van der Waals surface area (Å²) in [4.78, 5) is 5.23. The molecule has 0 bridgehead atoms. The lowest BCUT2D eigenvalue weighted by molar-refractivity contribution is 0.492. The van der Waals surface area contributed by atoms with E-state index in [0.29, 0.717) is 17.1 Å². The van der Waals surface area contributed by atoms with Crippen molar-refractivity contribution in [3.05, 3.63) is 60.6 Å². The van der Waals surface area contributed by atoms with Crippen molar-refractivity contribution in [2.24, 2.45) is 0 Å². The number of hydrogen-bond acceptors (Lipinski definition) is 5. The second kappa shape index (κ2) is 6.41. The maximum atomic E-state index is 10.1. The zero-order chi connectivity index (χ0) is 19.3. The minimum absolute atomic E-state index is 0.423. The maximum absolute atomic E-state index is 10.1. The zero-order valence-electron chi connectivity index (χ0n) is 15.4. The third-order valence-corrected chi connectivity index (χ3v) is 7.20. The molecule has 0 unspecified atom stereocenters. The Balaban J connectivity index is 1.59. The standard InChI is InChI=1S/C21H20N4O2S/c1-2-25-13-22-20-18(12-23-24-21(20)25)16-5-3-4-14(10-16)15-6-7-19-17(11-15)8-9-28(19,26)27/h3-7,10-13,26-27H,2,8-9H2,1H3. The van der Waals surface area contributed by atoms with Gasteiger partial charge in [0.25, 0.3) is 0 Å². The van der Waals surface area contributed by atoms with Gasteiger partial charge in [0.05, 0.1) is 17.4 Å². The molecule has 1 aliphatic heterocycles. The number of nitrogens with zero attached hydrogens (tertiary/aromatic N) is 4. The fraction of sp³-hybridized carbons (Fsp3) is 0.190. The van der Waals surface area contributed by atoms with Crippen LogP contribution in [0.5, 0.6) is 0 Å². The van der Waals surface area contributed by atoms with Gasteiger partial charge in [-0.15, -0.1) is 5.10 Å². The van der Waals surface area contributed by atoms with Gasteiger partial charge in [0.2, 0.25) is 0 Å². The van der Waals surface area contributed by atoms with Gasteiger partial charge in [0, 0.05) is 17.9 Å². The molecule has 5 rings (SSSR count). The summed E-state index contributed by atoms with van der Waals surface area (Å²) in [6.07, 6.45) is 4.26. The number of aromatic nitrogens is 4. The van der Waals surface area contributed by atoms with Crippen molar-refractivity contribution in [3.8, 4) is 22.3 Å². The smallest absolute Gasteiger partial charge is 0.183 e. The number of benzene rings is 2. The number of fused-ring (bicyclic) bond motifs is 2. The molecule has 4 aromatic rings.